The van der Waals surface area contributed by atoms with Gasteiger partial charge in [-0.3, -0.25) is 0 Å². The van der Waals surface area contributed by atoms with Crippen LogP contribution in [0.3, 0.4) is 0 Å². The van der Waals surface area contributed by atoms with Crippen molar-refractivity contribution in [2.24, 2.45) is 5.73 Å². The summed E-state index contributed by atoms with van der Waals surface area (Å²) in [5.74, 6) is 0.630. The van der Waals surface area contributed by atoms with Crippen molar-refractivity contribution in [2.45, 2.75) is 26.8 Å². The molecule has 1 atom stereocenters. The van der Waals surface area contributed by atoms with Gasteiger partial charge in [0.05, 0.1) is 11.4 Å². The SMILES string of the molecule is Cc1nnc(N(C)CC(C)N)nc1C. The third-order valence-electron chi connectivity index (χ3n) is 1.98. The summed E-state index contributed by atoms with van der Waals surface area (Å²) in [6, 6.07) is 0.102. The molecule has 0 saturated carbocycles. The van der Waals surface area contributed by atoms with Crippen LogP contribution in [-0.2, 0) is 0 Å². The quantitative estimate of drug-likeness (QED) is 0.750. The average molecular weight is 195 g/mol. The van der Waals surface area contributed by atoms with Gasteiger partial charge in [0, 0.05) is 19.6 Å². The molecule has 0 amide bonds. The van der Waals surface area contributed by atoms with Gasteiger partial charge in [-0.1, -0.05) is 0 Å². The van der Waals surface area contributed by atoms with Crippen LogP contribution in [-0.4, -0.2) is 34.8 Å². The van der Waals surface area contributed by atoms with Crippen LogP contribution in [0.15, 0.2) is 0 Å². The Hall–Kier alpha value is -1.23. The van der Waals surface area contributed by atoms with Gasteiger partial charge in [0.25, 0.3) is 0 Å². The van der Waals surface area contributed by atoms with E-state index in [1.165, 1.54) is 0 Å². The first-order valence-corrected chi connectivity index (χ1v) is 4.65. The smallest absolute Gasteiger partial charge is 0.245 e. The fourth-order valence-electron chi connectivity index (χ4n) is 1.12. The first-order chi connectivity index (χ1) is 6.50. The third kappa shape index (κ3) is 2.63. The van der Waals surface area contributed by atoms with Crippen molar-refractivity contribution in [3.05, 3.63) is 11.4 Å². The van der Waals surface area contributed by atoms with E-state index in [1.807, 2.05) is 32.7 Å². The molecule has 78 valence electrons. The molecule has 5 nitrogen and oxygen atoms in total. The number of aryl methyl sites for hydroxylation is 2. The van der Waals surface area contributed by atoms with E-state index >= 15 is 0 Å². The van der Waals surface area contributed by atoms with E-state index in [9.17, 15) is 0 Å². The standard InChI is InChI=1S/C9H17N5/c1-6(10)5-14(4)9-11-7(2)8(3)12-13-9/h6H,5,10H2,1-4H3. The van der Waals surface area contributed by atoms with E-state index < -0.39 is 0 Å². The van der Waals surface area contributed by atoms with Gasteiger partial charge in [-0.25, -0.2) is 4.98 Å². The lowest BCUT2D eigenvalue weighted by Crippen LogP contribution is -2.34. The van der Waals surface area contributed by atoms with Crippen LogP contribution in [0.25, 0.3) is 0 Å². The zero-order valence-corrected chi connectivity index (χ0v) is 9.15. The summed E-state index contributed by atoms with van der Waals surface area (Å²) in [5.41, 5.74) is 7.45. The first kappa shape index (κ1) is 10.8. The molecule has 0 fully saturated rings. The Bertz CT molecular complexity index is 310. The number of rotatable bonds is 3. The fourth-order valence-corrected chi connectivity index (χ4v) is 1.12. The van der Waals surface area contributed by atoms with Gasteiger partial charge in [-0.15, -0.1) is 5.10 Å². The van der Waals surface area contributed by atoms with Crippen LogP contribution in [0.1, 0.15) is 18.3 Å². The minimum Gasteiger partial charge on any atom is -0.341 e. The molecule has 1 aromatic heterocycles. The minimum absolute atomic E-state index is 0.102. The van der Waals surface area contributed by atoms with E-state index in [0.717, 1.165) is 17.9 Å². The lowest BCUT2D eigenvalue weighted by molar-refractivity contribution is 0.694. The van der Waals surface area contributed by atoms with Gasteiger partial charge in [-0.2, -0.15) is 5.10 Å². The molecule has 14 heavy (non-hydrogen) atoms. The molecule has 0 saturated heterocycles. The fraction of sp³-hybridized carbons (Fsp3) is 0.667. The second-order valence-electron chi connectivity index (χ2n) is 3.64. The van der Waals surface area contributed by atoms with Crippen LogP contribution >= 0.6 is 0 Å². The first-order valence-electron chi connectivity index (χ1n) is 4.65. The molecular weight excluding hydrogens is 178 g/mol. The number of aromatic nitrogens is 3. The number of likely N-dealkylation sites (N-methyl/N-ethyl adjacent to an activating group) is 1. The maximum atomic E-state index is 5.68. The highest BCUT2D eigenvalue weighted by Gasteiger charge is 2.08. The van der Waals surface area contributed by atoms with Crippen molar-refractivity contribution < 1.29 is 0 Å². The Morgan fingerprint density at radius 1 is 1.29 bits per heavy atom. The lowest BCUT2D eigenvalue weighted by Gasteiger charge is -2.18. The van der Waals surface area contributed by atoms with E-state index in [1.54, 1.807) is 0 Å². The molecule has 1 rings (SSSR count). The zero-order chi connectivity index (χ0) is 10.7. The molecule has 0 radical (unpaired) electrons. The molecule has 2 N–H and O–H groups in total. The molecule has 0 aliphatic heterocycles. The normalized spacial score (nSPS) is 12.6. The highest BCUT2D eigenvalue weighted by molar-refractivity contribution is 5.28. The van der Waals surface area contributed by atoms with Gasteiger partial charge < -0.3 is 10.6 Å². The van der Waals surface area contributed by atoms with Crippen LogP contribution < -0.4 is 10.6 Å². The number of nitrogens with two attached hydrogens (primary N) is 1. The molecule has 0 bridgehead atoms. The monoisotopic (exact) mass is 195 g/mol. The predicted octanol–water partition coefficient (Wildman–Crippen LogP) is 0.272. The zero-order valence-electron chi connectivity index (χ0n) is 9.15. The van der Waals surface area contributed by atoms with Crippen molar-refractivity contribution in [1.82, 2.24) is 15.2 Å². The average Bonchev–Trinajstić information content (AvgIpc) is 2.08. The summed E-state index contributed by atoms with van der Waals surface area (Å²) in [7, 11) is 1.91. The number of nitrogens with zero attached hydrogens (tertiary/aromatic N) is 4. The lowest BCUT2D eigenvalue weighted by atomic mass is 10.3. The van der Waals surface area contributed by atoms with Crippen molar-refractivity contribution in [3.8, 4) is 0 Å². The number of anilines is 1. The summed E-state index contributed by atoms with van der Waals surface area (Å²) in [6.07, 6.45) is 0. The van der Waals surface area contributed by atoms with Crippen molar-refractivity contribution >= 4 is 5.95 Å². The molecular formula is C9H17N5. The number of hydrogen-bond donors (Lipinski definition) is 1. The molecule has 5 heteroatoms. The summed E-state index contributed by atoms with van der Waals surface area (Å²) in [6.45, 7) is 6.49. The van der Waals surface area contributed by atoms with E-state index in [2.05, 4.69) is 15.2 Å². The van der Waals surface area contributed by atoms with Crippen LogP contribution in [0.2, 0.25) is 0 Å². The Balaban J connectivity index is 2.80. The second-order valence-corrected chi connectivity index (χ2v) is 3.64. The molecule has 0 aromatic carbocycles. The van der Waals surface area contributed by atoms with Gasteiger partial charge in [0.2, 0.25) is 5.95 Å². The van der Waals surface area contributed by atoms with Crippen molar-refractivity contribution in [3.63, 3.8) is 0 Å². The molecule has 1 heterocycles. The van der Waals surface area contributed by atoms with Crippen LogP contribution in [0, 0.1) is 13.8 Å². The highest BCUT2D eigenvalue weighted by Crippen LogP contribution is 2.06. The topological polar surface area (TPSA) is 67.9 Å². The number of hydrogen-bond acceptors (Lipinski definition) is 5. The molecule has 0 aliphatic rings. The van der Waals surface area contributed by atoms with Crippen LogP contribution in [0.4, 0.5) is 5.95 Å². The van der Waals surface area contributed by atoms with Gasteiger partial charge in [-0.05, 0) is 20.8 Å². The van der Waals surface area contributed by atoms with Gasteiger partial charge in [0.1, 0.15) is 0 Å². The maximum absolute atomic E-state index is 5.68. The molecule has 0 spiro atoms. The van der Waals surface area contributed by atoms with Crippen molar-refractivity contribution in [1.29, 1.82) is 0 Å². The third-order valence-corrected chi connectivity index (χ3v) is 1.98. The van der Waals surface area contributed by atoms with Gasteiger partial charge >= 0.3 is 0 Å². The molecule has 0 aliphatic carbocycles. The minimum atomic E-state index is 0.102. The summed E-state index contributed by atoms with van der Waals surface area (Å²) >= 11 is 0. The van der Waals surface area contributed by atoms with E-state index in [4.69, 9.17) is 5.73 Å². The molecule has 1 unspecified atom stereocenters. The van der Waals surface area contributed by atoms with E-state index in [0.29, 0.717) is 5.95 Å². The van der Waals surface area contributed by atoms with Crippen molar-refractivity contribution in [2.75, 3.05) is 18.5 Å². The largest absolute Gasteiger partial charge is 0.341 e. The Morgan fingerprint density at radius 3 is 2.43 bits per heavy atom. The Labute approximate surface area is 84.3 Å². The summed E-state index contributed by atoms with van der Waals surface area (Å²) in [4.78, 5) is 6.23. The van der Waals surface area contributed by atoms with E-state index in [-0.39, 0.29) is 6.04 Å². The maximum Gasteiger partial charge on any atom is 0.245 e. The summed E-state index contributed by atoms with van der Waals surface area (Å²) < 4.78 is 0. The Morgan fingerprint density at radius 2 is 1.93 bits per heavy atom. The summed E-state index contributed by atoms with van der Waals surface area (Å²) in [5, 5.41) is 8.01. The van der Waals surface area contributed by atoms with Gasteiger partial charge in [0.15, 0.2) is 0 Å². The molecule has 1 aromatic rings. The Kier molecular flexibility index (Phi) is 3.35. The highest BCUT2D eigenvalue weighted by atomic mass is 15.3. The second kappa shape index (κ2) is 4.32. The van der Waals surface area contributed by atoms with Crippen LogP contribution in [0.5, 0.6) is 0 Å². The predicted molar refractivity (Wildman–Crippen MR) is 56.2 cm³/mol.